The van der Waals surface area contributed by atoms with Crippen molar-refractivity contribution in [3.63, 3.8) is 0 Å². The molecule has 0 saturated heterocycles. The van der Waals surface area contributed by atoms with E-state index >= 15 is 0 Å². The average Bonchev–Trinajstić information content (AvgIpc) is 2.44. The second-order valence-corrected chi connectivity index (χ2v) is 3.71. The molecule has 2 nitrogen and oxygen atoms in total. The molecule has 0 aromatic heterocycles. The summed E-state index contributed by atoms with van der Waals surface area (Å²) in [5.74, 6) is 0. The van der Waals surface area contributed by atoms with Gasteiger partial charge in [0, 0.05) is 13.5 Å². The average molecular weight is 177 g/mol. The SMILES string of the molecule is COC1Cc2ccc(C)cc2C1N. The van der Waals surface area contributed by atoms with Crippen LogP contribution in [0.5, 0.6) is 0 Å². The van der Waals surface area contributed by atoms with Gasteiger partial charge in [-0.3, -0.25) is 0 Å². The van der Waals surface area contributed by atoms with Crippen LogP contribution in [-0.2, 0) is 11.2 Å². The molecule has 0 fully saturated rings. The Labute approximate surface area is 78.7 Å². The van der Waals surface area contributed by atoms with Gasteiger partial charge in [0.2, 0.25) is 0 Å². The van der Waals surface area contributed by atoms with Crippen molar-refractivity contribution in [2.75, 3.05) is 7.11 Å². The van der Waals surface area contributed by atoms with Gasteiger partial charge in [0.05, 0.1) is 12.1 Å². The Morgan fingerprint density at radius 2 is 2.23 bits per heavy atom. The Balaban J connectivity index is 2.39. The highest BCUT2D eigenvalue weighted by molar-refractivity contribution is 5.39. The summed E-state index contributed by atoms with van der Waals surface area (Å²) >= 11 is 0. The monoisotopic (exact) mass is 177 g/mol. The van der Waals surface area contributed by atoms with E-state index in [4.69, 9.17) is 10.5 Å². The molecule has 2 unspecified atom stereocenters. The van der Waals surface area contributed by atoms with Crippen molar-refractivity contribution in [2.24, 2.45) is 5.73 Å². The van der Waals surface area contributed by atoms with Crippen LogP contribution in [0.2, 0.25) is 0 Å². The number of nitrogens with two attached hydrogens (primary N) is 1. The van der Waals surface area contributed by atoms with E-state index in [9.17, 15) is 0 Å². The van der Waals surface area contributed by atoms with Crippen LogP contribution in [-0.4, -0.2) is 13.2 Å². The van der Waals surface area contributed by atoms with Crippen LogP contribution in [0, 0.1) is 6.92 Å². The number of benzene rings is 1. The molecular formula is C11H15NO. The van der Waals surface area contributed by atoms with Gasteiger partial charge in [0.1, 0.15) is 0 Å². The van der Waals surface area contributed by atoms with Crippen LogP contribution in [0.1, 0.15) is 22.7 Å². The lowest BCUT2D eigenvalue weighted by Crippen LogP contribution is -2.23. The van der Waals surface area contributed by atoms with Crippen molar-refractivity contribution in [1.29, 1.82) is 0 Å². The molecule has 0 radical (unpaired) electrons. The summed E-state index contributed by atoms with van der Waals surface area (Å²) in [6.07, 6.45) is 1.12. The van der Waals surface area contributed by atoms with Crippen LogP contribution in [0.15, 0.2) is 18.2 Å². The largest absolute Gasteiger partial charge is 0.379 e. The molecule has 0 aliphatic heterocycles. The number of rotatable bonds is 1. The number of methoxy groups -OCH3 is 1. The molecule has 1 aliphatic carbocycles. The second kappa shape index (κ2) is 3.13. The van der Waals surface area contributed by atoms with Crippen LogP contribution in [0.25, 0.3) is 0 Å². The van der Waals surface area contributed by atoms with Crippen LogP contribution in [0.4, 0.5) is 0 Å². The van der Waals surface area contributed by atoms with E-state index in [1.54, 1.807) is 7.11 Å². The Morgan fingerprint density at radius 3 is 2.92 bits per heavy atom. The summed E-state index contributed by atoms with van der Waals surface area (Å²) < 4.78 is 5.32. The summed E-state index contributed by atoms with van der Waals surface area (Å²) in [4.78, 5) is 0. The molecular weight excluding hydrogens is 162 g/mol. The van der Waals surface area contributed by atoms with Crippen LogP contribution >= 0.6 is 0 Å². The molecule has 13 heavy (non-hydrogen) atoms. The fraction of sp³-hybridized carbons (Fsp3) is 0.455. The molecule has 0 heterocycles. The molecule has 70 valence electrons. The molecule has 1 aromatic rings. The third kappa shape index (κ3) is 1.36. The topological polar surface area (TPSA) is 35.2 Å². The van der Waals surface area contributed by atoms with E-state index in [0.717, 1.165) is 6.42 Å². The van der Waals surface area contributed by atoms with Gasteiger partial charge in [-0.25, -0.2) is 0 Å². The third-order valence-electron chi connectivity index (χ3n) is 2.78. The Kier molecular flexibility index (Phi) is 2.10. The molecule has 0 saturated carbocycles. The van der Waals surface area contributed by atoms with Gasteiger partial charge in [0.15, 0.2) is 0 Å². The predicted octanol–water partition coefficient (Wildman–Crippen LogP) is 1.57. The fourth-order valence-corrected chi connectivity index (χ4v) is 1.98. The van der Waals surface area contributed by atoms with E-state index < -0.39 is 0 Å². The summed E-state index contributed by atoms with van der Waals surface area (Å²) in [7, 11) is 1.73. The van der Waals surface area contributed by atoms with Gasteiger partial charge < -0.3 is 10.5 Å². The number of hydrogen-bond donors (Lipinski definition) is 1. The van der Waals surface area contributed by atoms with Crippen molar-refractivity contribution in [3.05, 3.63) is 34.9 Å². The quantitative estimate of drug-likeness (QED) is 0.706. The fourth-order valence-electron chi connectivity index (χ4n) is 1.98. The minimum atomic E-state index is 0.0555. The van der Waals surface area contributed by atoms with Crippen molar-refractivity contribution in [2.45, 2.75) is 25.5 Å². The predicted molar refractivity (Wildman–Crippen MR) is 52.6 cm³/mol. The lowest BCUT2D eigenvalue weighted by molar-refractivity contribution is 0.0907. The molecule has 2 N–H and O–H groups in total. The van der Waals surface area contributed by atoms with Gasteiger partial charge in [-0.05, 0) is 18.1 Å². The molecule has 2 rings (SSSR count). The first-order chi connectivity index (χ1) is 6.22. The zero-order chi connectivity index (χ0) is 9.42. The van der Waals surface area contributed by atoms with E-state index in [2.05, 4.69) is 25.1 Å². The molecule has 0 amide bonds. The summed E-state index contributed by atoms with van der Waals surface area (Å²) in [5.41, 5.74) is 9.91. The Hall–Kier alpha value is -0.860. The highest BCUT2D eigenvalue weighted by Crippen LogP contribution is 2.31. The van der Waals surface area contributed by atoms with Gasteiger partial charge in [0.25, 0.3) is 0 Å². The maximum Gasteiger partial charge on any atom is 0.0804 e. The van der Waals surface area contributed by atoms with Crippen molar-refractivity contribution in [3.8, 4) is 0 Å². The van der Waals surface area contributed by atoms with Crippen LogP contribution < -0.4 is 5.73 Å². The summed E-state index contributed by atoms with van der Waals surface area (Å²) in [6, 6.07) is 6.51. The summed E-state index contributed by atoms with van der Waals surface area (Å²) in [6.45, 7) is 2.09. The van der Waals surface area contributed by atoms with Gasteiger partial charge >= 0.3 is 0 Å². The van der Waals surface area contributed by atoms with E-state index in [-0.39, 0.29) is 12.1 Å². The smallest absolute Gasteiger partial charge is 0.0804 e. The lowest BCUT2D eigenvalue weighted by Gasteiger charge is -2.13. The molecule has 1 aliphatic rings. The Morgan fingerprint density at radius 1 is 1.46 bits per heavy atom. The first-order valence-corrected chi connectivity index (χ1v) is 4.60. The molecule has 0 spiro atoms. The zero-order valence-corrected chi connectivity index (χ0v) is 8.08. The number of fused-ring (bicyclic) bond motifs is 1. The molecule has 2 atom stereocenters. The number of hydrogen-bond acceptors (Lipinski definition) is 2. The maximum absolute atomic E-state index is 6.04. The van der Waals surface area contributed by atoms with Crippen molar-refractivity contribution >= 4 is 0 Å². The van der Waals surface area contributed by atoms with Crippen LogP contribution in [0.3, 0.4) is 0 Å². The third-order valence-corrected chi connectivity index (χ3v) is 2.78. The Bertz CT molecular complexity index is 322. The summed E-state index contributed by atoms with van der Waals surface area (Å²) in [5, 5.41) is 0. The van der Waals surface area contributed by atoms with E-state index in [0.29, 0.717) is 0 Å². The zero-order valence-electron chi connectivity index (χ0n) is 8.08. The maximum atomic E-state index is 6.04. The normalized spacial score (nSPS) is 26.1. The van der Waals surface area contributed by atoms with E-state index in [1.807, 2.05) is 0 Å². The van der Waals surface area contributed by atoms with E-state index in [1.165, 1.54) is 16.7 Å². The highest BCUT2D eigenvalue weighted by Gasteiger charge is 2.29. The van der Waals surface area contributed by atoms with Crippen molar-refractivity contribution < 1.29 is 4.74 Å². The lowest BCUT2D eigenvalue weighted by atomic mass is 10.1. The van der Waals surface area contributed by atoms with Crippen molar-refractivity contribution in [1.82, 2.24) is 0 Å². The molecule has 1 aromatic carbocycles. The molecule has 0 bridgehead atoms. The van der Waals surface area contributed by atoms with Gasteiger partial charge in [-0.1, -0.05) is 23.8 Å². The van der Waals surface area contributed by atoms with Gasteiger partial charge in [-0.15, -0.1) is 0 Å². The van der Waals surface area contributed by atoms with Gasteiger partial charge in [-0.2, -0.15) is 0 Å². The minimum absolute atomic E-state index is 0.0555. The minimum Gasteiger partial charge on any atom is -0.379 e. The second-order valence-electron chi connectivity index (χ2n) is 3.71. The number of ether oxygens (including phenoxy) is 1. The highest BCUT2D eigenvalue weighted by atomic mass is 16.5. The first-order valence-electron chi connectivity index (χ1n) is 4.60. The first kappa shape index (κ1) is 8.73. The molecule has 2 heteroatoms. The standard InChI is InChI=1S/C11H15NO/c1-7-3-4-8-6-10(13-2)11(12)9(8)5-7/h3-5,10-11H,6,12H2,1-2H3. The number of aryl methyl sites for hydroxylation is 1.